The third-order valence-corrected chi connectivity index (χ3v) is 3.18. The summed E-state index contributed by atoms with van der Waals surface area (Å²) in [5.41, 5.74) is 0.915. The molecule has 1 aromatic heterocycles. The molecule has 0 spiro atoms. The van der Waals surface area contributed by atoms with Gasteiger partial charge in [-0.3, -0.25) is 14.7 Å². The lowest BCUT2D eigenvalue weighted by atomic mass is 10.2. The van der Waals surface area contributed by atoms with Crippen LogP contribution in [0.25, 0.3) is 0 Å². The van der Waals surface area contributed by atoms with Gasteiger partial charge in [0.05, 0.1) is 6.54 Å². The quantitative estimate of drug-likeness (QED) is 0.838. The molecule has 1 saturated heterocycles. The summed E-state index contributed by atoms with van der Waals surface area (Å²) in [7, 11) is 0. The van der Waals surface area contributed by atoms with Gasteiger partial charge in [-0.05, 0) is 12.1 Å². The molecule has 4 nitrogen and oxygen atoms in total. The molecule has 1 aliphatic rings. The fraction of sp³-hybridized carbons (Fsp3) is 0.538. The highest BCUT2D eigenvalue weighted by molar-refractivity contribution is 5.79. The molecule has 0 atom stereocenters. The van der Waals surface area contributed by atoms with Gasteiger partial charge in [-0.2, -0.15) is 13.2 Å². The van der Waals surface area contributed by atoms with Crippen LogP contribution in [-0.4, -0.2) is 59.6 Å². The zero-order valence-electron chi connectivity index (χ0n) is 10.9. The van der Waals surface area contributed by atoms with E-state index in [9.17, 15) is 18.0 Å². The summed E-state index contributed by atoms with van der Waals surface area (Å²) in [4.78, 5) is 18.6. The van der Waals surface area contributed by atoms with Crippen molar-refractivity contribution in [2.45, 2.75) is 12.6 Å². The first-order valence-corrected chi connectivity index (χ1v) is 6.41. The van der Waals surface area contributed by atoms with E-state index in [-0.39, 0.29) is 13.1 Å². The molecule has 110 valence electrons. The summed E-state index contributed by atoms with van der Waals surface area (Å²) in [6, 6.07) is 5.60. The van der Waals surface area contributed by atoms with E-state index in [1.165, 1.54) is 0 Å². The number of alkyl halides is 3. The van der Waals surface area contributed by atoms with Crippen LogP contribution in [0.3, 0.4) is 0 Å². The molecular weight excluding hydrogens is 271 g/mol. The van der Waals surface area contributed by atoms with E-state index in [0.29, 0.717) is 19.5 Å². The SMILES string of the molecule is O=C1CN(CCc2ccccn2)CCN1CC(F)(F)F. The van der Waals surface area contributed by atoms with Crippen molar-refractivity contribution in [3.05, 3.63) is 30.1 Å². The maximum atomic E-state index is 12.3. The number of halogens is 3. The minimum absolute atomic E-state index is 0.0446. The highest BCUT2D eigenvalue weighted by Gasteiger charge is 2.35. The van der Waals surface area contributed by atoms with Gasteiger partial charge in [0.1, 0.15) is 6.54 Å². The van der Waals surface area contributed by atoms with Crippen molar-refractivity contribution in [2.75, 3.05) is 32.7 Å². The van der Waals surface area contributed by atoms with Crippen molar-refractivity contribution in [2.24, 2.45) is 0 Å². The zero-order chi connectivity index (χ0) is 14.6. The molecule has 1 amide bonds. The van der Waals surface area contributed by atoms with Gasteiger partial charge in [0.15, 0.2) is 0 Å². The Morgan fingerprint density at radius 2 is 2.05 bits per heavy atom. The van der Waals surface area contributed by atoms with E-state index in [4.69, 9.17) is 0 Å². The fourth-order valence-electron chi connectivity index (χ4n) is 2.15. The van der Waals surface area contributed by atoms with E-state index >= 15 is 0 Å². The number of hydrogen-bond acceptors (Lipinski definition) is 3. The zero-order valence-corrected chi connectivity index (χ0v) is 10.9. The summed E-state index contributed by atoms with van der Waals surface area (Å²) in [6.45, 7) is 0.112. The lowest BCUT2D eigenvalue weighted by molar-refractivity contribution is -0.165. The molecule has 7 heteroatoms. The molecule has 1 fully saturated rings. The molecule has 0 N–H and O–H groups in total. The minimum Gasteiger partial charge on any atom is -0.331 e. The second kappa shape index (κ2) is 6.21. The largest absolute Gasteiger partial charge is 0.406 e. The smallest absolute Gasteiger partial charge is 0.331 e. The topological polar surface area (TPSA) is 36.4 Å². The number of rotatable bonds is 4. The third kappa shape index (κ3) is 4.48. The maximum absolute atomic E-state index is 12.3. The van der Waals surface area contributed by atoms with Crippen LogP contribution in [0.2, 0.25) is 0 Å². The monoisotopic (exact) mass is 287 g/mol. The van der Waals surface area contributed by atoms with Crippen molar-refractivity contribution >= 4 is 5.91 Å². The first-order chi connectivity index (χ1) is 9.44. The van der Waals surface area contributed by atoms with Gasteiger partial charge in [-0.1, -0.05) is 6.07 Å². The minimum atomic E-state index is -4.33. The highest BCUT2D eigenvalue weighted by atomic mass is 19.4. The first kappa shape index (κ1) is 14.8. The fourth-order valence-corrected chi connectivity index (χ4v) is 2.15. The summed E-state index contributed by atoms with van der Waals surface area (Å²) < 4.78 is 36.8. The Bertz CT molecular complexity index is 450. The molecular formula is C13H16F3N3O. The van der Waals surface area contributed by atoms with Crippen molar-refractivity contribution in [1.29, 1.82) is 0 Å². The molecule has 0 aromatic carbocycles. The molecule has 0 aliphatic carbocycles. The van der Waals surface area contributed by atoms with Gasteiger partial charge in [0, 0.05) is 37.9 Å². The number of carbonyl (C=O) groups is 1. The predicted molar refractivity (Wildman–Crippen MR) is 67.0 cm³/mol. The van der Waals surface area contributed by atoms with Crippen LogP contribution in [0.15, 0.2) is 24.4 Å². The molecule has 2 rings (SSSR count). The molecule has 0 bridgehead atoms. The van der Waals surface area contributed by atoms with Gasteiger partial charge < -0.3 is 4.90 Å². The van der Waals surface area contributed by atoms with Crippen LogP contribution in [0.5, 0.6) is 0 Å². The van der Waals surface area contributed by atoms with Crippen LogP contribution < -0.4 is 0 Å². The average molecular weight is 287 g/mol. The van der Waals surface area contributed by atoms with Crippen molar-refractivity contribution in [3.8, 4) is 0 Å². The van der Waals surface area contributed by atoms with Gasteiger partial charge in [-0.15, -0.1) is 0 Å². The van der Waals surface area contributed by atoms with Crippen LogP contribution in [0.4, 0.5) is 13.2 Å². The number of nitrogens with zero attached hydrogens (tertiary/aromatic N) is 3. The molecule has 20 heavy (non-hydrogen) atoms. The molecule has 1 aliphatic heterocycles. The first-order valence-electron chi connectivity index (χ1n) is 6.41. The second-order valence-corrected chi connectivity index (χ2v) is 4.78. The lowest BCUT2D eigenvalue weighted by Gasteiger charge is -2.34. The van der Waals surface area contributed by atoms with Gasteiger partial charge in [0.25, 0.3) is 0 Å². The Morgan fingerprint density at radius 1 is 1.25 bits per heavy atom. The molecule has 0 unspecified atom stereocenters. The van der Waals surface area contributed by atoms with E-state index in [0.717, 1.165) is 10.6 Å². The van der Waals surface area contributed by atoms with Crippen LogP contribution >= 0.6 is 0 Å². The Balaban J connectivity index is 1.79. The van der Waals surface area contributed by atoms with Crippen molar-refractivity contribution in [3.63, 3.8) is 0 Å². The predicted octanol–water partition coefficient (Wildman–Crippen LogP) is 1.33. The summed E-state index contributed by atoms with van der Waals surface area (Å²) in [5.74, 6) is -0.463. The van der Waals surface area contributed by atoms with E-state index < -0.39 is 18.6 Å². The average Bonchev–Trinajstić information content (AvgIpc) is 2.39. The maximum Gasteiger partial charge on any atom is 0.406 e. The Hall–Kier alpha value is -1.63. The lowest BCUT2D eigenvalue weighted by Crippen LogP contribution is -2.53. The molecule has 0 saturated carbocycles. The van der Waals surface area contributed by atoms with E-state index in [1.54, 1.807) is 6.20 Å². The number of piperazine rings is 1. The Morgan fingerprint density at radius 3 is 2.65 bits per heavy atom. The van der Waals surface area contributed by atoms with Gasteiger partial charge in [-0.25, -0.2) is 0 Å². The third-order valence-electron chi connectivity index (χ3n) is 3.18. The highest BCUT2D eigenvalue weighted by Crippen LogP contribution is 2.18. The van der Waals surface area contributed by atoms with Gasteiger partial charge >= 0.3 is 6.18 Å². The summed E-state index contributed by atoms with van der Waals surface area (Å²) >= 11 is 0. The number of pyridine rings is 1. The summed E-state index contributed by atoms with van der Waals surface area (Å²) in [5, 5.41) is 0. The number of aromatic nitrogens is 1. The van der Waals surface area contributed by atoms with E-state index in [2.05, 4.69) is 4.98 Å². The molecule has 2 heterocycles. The Labute approximate surface area is 115 Å². The molecule has 0 radical (unpaired) electrons. The van der Waals surface area contributed by atoms with Crippen LogP contribution in [0.1, 0.15) is 5.69 Å². The van der Waals surface area contributed by atoms with Crippen molar-refractivity contribution < 1.29 is 18.0 Å². The van der Waals surface area contributed by atoms with Gasteiger partial charge in [0.2, 0.25) is 5.91 Å². The normalized spacial score (nSPS) is 17.6. The number of hydrogen-bond donors (Lipinski definition) is 0. The Kier molecular flexibility index (Phi) is 4.59. The summed E-state index contributed by atoms with van der Waals surface area (Å²) in [6.07, 6.45) is -1.94. The van der Waals surface area contributed by atoms with Crippen molar-refractivity contribution in [1.82, 2.24) is 14.8 Å². The molecule has 1 aromatic rings. The second-order valence-electron chi connectivity index (χ2n) is 4.78. The standard InChI is InChI=1S/C13H16F3N3O/c14-13(15,16)10-19-8-7-18(9-12(19)20)6-4-11-3-1-2-5-17-11/h1-3,5H,4,6-10H2. The van der Waals surface area contributed by atoms with E-state index in [1.807, 2.05) is 23.1 Å². The van der Waals surface area contributed by atoms with Crippen LogP contribution in [0, 0.1) is 0 Å². The number of amides is 1. The van der Waals surface area contributed by atoms with Crippen LogP contribution in [-0.2, 0) is 11.2 Å². The number of carbonyl (C=O) groups excluding carboxylic acids is 1.